The average Bonchev–Trinajstić information content (AvgIpc) is 2.77. The van der Waals surface area contributed by atoms with Gasteiger partial charge in [-0.25, -0.2) is 0 Å². The Morgan fingerprint density at radius 1 is 1.41 bits per heavy atom. The lowest BCUT2D eigenvalue weighted by atomic mass is 10.0. The SMILES string of the molecule is Cc1cc(Cl)cc(C(Cc2ccco2)NN)c1. The summed E-state index contributed by atoms with van der Waals surface area (Å²) in [7, 11) is 0. The van der Waals surface area contributed by atoms with Crippen molar-refractivity contribution in [1.82, 2.24) is 5.43 Å². The number of hydrazine groups is 1. The second-order valence-corrected chi connectivity index (χ2v) is 4.50. The van der Waals surface area contributed by atoms with Crippen molar-refractivity contribution < 1.29 is 4.42 Å². The lowest BCUT2D eigenvalue weighted by molar-refractivity contribution is 0.454. The Kier molecular flexibility index (Phi) is 3.84. The summed E-state index contributed by atoms with van der Waals surface area (Å²) in [5, 5.41) is 0.722. The summed E-state index contributed by atoms with van der Waals surface area (Å²) in [5.74, 6) is 6.48. The van der Waals surface area contributed by atoms with Crippen molar-refractivity contribution in [2.75, 3.05) is 0 Å². The Morgan fingerprint density at radius 2 is 2.24 bits per heavy atom. The van der Waals surface area contributed by atoms with Gasteiger partial charge in [0.15, 0.2) is 0 Å². The van der Waals surface area contributed by atoms with Gasteiger partial charge < -0.3 is 4.42 Å². The van der Waals surface area contributed by atoms with Gasteiger partial charge in [0.05, 0.1) is 12.3 Å². The monoisotopic (exact) mass is 250 g/mol. The summed E-state index contributed by atoms with van der Waals surface area (Å²) in [5.41, 5.74) is 4.97. The molecule has 0 bridgehead atoms. The van der Waals surface area contributed by atoms with Gasteiger partial charge in [0.25, 0.3) is 0 Å². The van der Waals surface area contributed by atoms with Crippen LogP contribution >= 0.6 is 11.6 Å². The summed E-state index contributed by atoms with van der Waals surface area (Å²) in [6.45, 7) is 2.01. The average molecular weight is 251 g/mol. The summed E-state index contributed by atoms with van der Waals surface area (Å²) < 4.78 is 5.32. The third kappa shape index (κ3) is 3.09. The van der Waals surface area contributed by atoms with Crippen LogP contribution in [0.5, 0.6) is 0 Å². The number of hydrogen-bond acceptors (Lipinski definition) is 3. The number of nitrogens with two attached hydrogens (primary N) is 1. The molecule has 1 heterocycles. The molecule has 1 unspecified atom stereocenters. The summed E-state index contributed by atoms with van der Waals surface area (Å²) >= 11 is 6.04. The van der Waals surface area contributed by atoms with Crippen molar-refractivity contribution in [3.05, 3.63) is 58.5 Å². The molecule has 1 atom stereocenters. The molecule has 0 aliphatic heterocycles. The number of hydrogen-bond donors (Lipinski definition) is 2. The van der Waals surface area contributed by atoms with Crippen LogP contribution in [0.3, 0.4) is 0 Å². The number of nitrogens with one attached hydrogen (secondary N) is 1. The highest BCUT2D eigenvalue weighted by Gasteiger charge is 2.13. The Bertz CT molecular complexity index is 462. The molecule has 0 saturated heterocycles. The van der Waals surface area contributed by atoms with E-state index in [-0.39, 0.29) is 6.04 Å². The molecule has 0 amide bonds. The van der Waals surface area contributed by atoms with Crippen LogP contribution in [0.2, 0.25) is 5.02 Å². The van der Waals surface area contributed by atoms with Gasteiger partial charge in [-0.2, -0.15) is 0 Å². The van der Waals surface area contributed by atoms with Crippen LogP contribution in [0.15, 0.2) is 41.0 Å². The van der Waals surface area contributed by atoms with E-state index in [0.717, 1.165) is 21.9 Å². The molecule has 0 saturated carbocycles. The van der Waals surface area contributed by atoms with E-state index in [2.05, 4.69) is 11.5 Å². The summed E-state index contributed by atoms with van der Waals surface area (Å²) in [6.07, 6.45) is 2.36. The molecule has 0 fully saturated rings. The molecule has 3 nitrogen and oxygen atoms in total. The lowest BCUT2D eigenvalue weighted by Gasteiger charge is -2.16. The van der Waals surface area contributed by atoms with Gasteiger partial charge in [0, 0.05) is 11.4 Å². The van der Waals surface area contributed by atoms with Crippen LogP contribution in [-0.2, 0) is 6.42 Å². The smallest absolute Gasteiger partial charge is 0.105 e. The van der Waals surface area contributed by atoms with Crippen LogP contribution < -0.4 is 11.3 Å². The first kappa shape index (κ1) is 12.2. The van der Waals surface area contributed by atoms with Crippen LogP contribution in [0, 0.1) is 6.92 Å². The van der Waals surface area contributed by atoms with Gasteiger partial charge >= 0.3 is 0 Å². The minimum Gasteiger partial charge on any atom is -0.469 e. The van der Waals surface area contributed by atoms with Gasteiger partial charge in [0.1, 0.15) is 5.76 Å². The lowest BCUT2D eigenvalue weighted by Crippen LogP contribution is -2.29. The third-order valence-corrected chi connectivity index (χ3v) is 2.87. The Balaban J connectivity index is 2.22. The predicted octanol–water partition coefficient (Wildman–Crippen LogP) is 2.99. The third-order valence-electron chi connectivity index (χ3n) is 2.65. The van der Waals surface area contributed by atoms with Crippen molar-refractivity contribution in [3.8, 4) is 0 Å². The van der Waals surface area contributed by atoms with Crippen molar-refractivity contribution >= 4 is 11.6 Å². The first-order valence-corrected chi connectivity index (χ1v) is 5.82. The fraction of sp³-hybridized carbons (Fsp3) is 0.231. The van der Waals surface area contributed by atoms with Crippen molar-refractivity contribution in [3.63, 3.8) is 0 Å². The molecule has 3 N–H and O–H groups in total. The van der Waals surface area contributed by atoms with E-state index >= 15 is 0 Å². The first-order chi connectivity index (χ1) is 8.19. The Morgan fingerprint density at radius 3 is 2.82 bits per heavy atom. The van der Waals surface area contributed by atoms with Crippen molar-refractivity contribution in [1.29, 1.82) is 0 Å². The van der Waals surface area contributed by atoms with Gasteiger partial charge in [-0.1, -0.05) is 17.7 Å². The maximum Gasteiger partial charge on any atom is 0.105 e. The minimum absolute atomic E-state index is 0.00134. The first-order valence-electron chi connectivity index (χ1n) is 5.44. The zero-order chi connectivity index (χ0) is 12.3. The fourth-order valence-electron chi connectivity index (χ4n) is 1.87. The van der Waals surface area contributed by atoms with Gasteiger partial charge in [-0.05, 0) is 42.3 Å². The fourth-order valence-corrected chi connectivity index (χ4v) is 2.17. The van der Waals surface area contributed by atoms with E-state index in [1.54, 1.807) is 6.26 Å². The summed E-state index contributed by atoms with van der Waals surface area (Å²) in [4.78, 5) is 0. The van der Waals surface area contributed by atoms with E-state index in [0.29, 0.717) is 6.42 Å². The van der Waals surface area contributed by atoms with Gasteiger partial charge in [-0.3, -0.25) is 11.3 Å². The van der Waals surface area contributed by atoms with Gasteiger partial charge in [0.2, 0.25) is 0 Å². The Hall–Kier alpha value is -1.29. The second kappa shape index (κ2) is 5.36. The molecule has 0 aliphatic rings. The maximum atomic E-state index is 6.04. The van der Waals surface area contributed by atoms with E-state index in [1.165, 1.54) is 0 Å². The number of benzene rings is 1. The molecule has 2 rings (SSSR count). The van der Waals surface area contributed by atoms with Crippen LogP contribution in [-0.4, -0.2) is 0 Å². The standard InChI is InChI=1S/C13H15ClN2O/c1-9-5-10(7-11(14)6-9)13(16-15)8-12-3-2-4-17-12/h2-7,13,16H,8,15H2,1H3. The minimum atomic E-state index is -0.00134. The second-order valence-electron chi connectivity index (χ2n) is 4.06. The normalized spacial score (nSPS) is 12.6. The van der Waals surface area contributed by atoms with E-state index < -0.39 is 0 Å². The predicted molar refractivity (Wildman–Crippen MR) is 68.7 cm³/mol. The molecule has 4 heteroatoms. The molecule has 90 valence electrons. The van der Waals surface area contributed by atoms with E-state index in [1.807, 2.05) is 31.2 Å². The molecule has 1 aromatic heterocycles. The number of furan rings is 1. The zero-order valence-corrected chi connectivity index (χ0v) is 10.4. The van der Waals surface area contributed by atoms with Crippen molar-refractivity contribution in [2.24, 2.45) is 5.84 Å². The highest BCUT2D eigenvalue weighted by molar-refractivity contribution is 6.30. The molecule has 0 spiro atoms. The number of rotatable bonds is 4. The molecule has 1 aromatic carbocycles. The molecular weight excluding hydrogens is 236 g/mol. The summed E-state index contributed by atoms with van der Waals surface area (Å²) in [6, 6.07) is 9.71. The topological polar surface area (TPSA) is 51.2 Å². The highest BCUT2D eigenvalue weighted by Crippen LogP contribution is 2.23. The van der Waals surface area contributed by atoms with E-state index in [9.17, 15) is 0 Å². The molecule has 2 aromatic rings. The molecule has 17 heavy (non-hydrogen) atoms. The number of halogens is 1. The number of aryl methyl sites for hydroxylation is 1. The Labute approximate surface area is 106 Å². The van der Waals surface area contributed by atoms with Crippen LogP contribution in [0.25, 0.3) is 0 Å². The van der Waals surface area contributed by atoms with Crippen LogP contribution in [0.1, 0.15) is 22.9 Å². The molecule has 0 radical (unpaired) electrons. The van der Waals surface area contributed by atoms with E-state index in [4.69, 9.17) is 21.9 Å². The molecular formula is C13H15ClN2O. The largest absolute Gasteiger partial charge is 0.469 e. The van der Waals surface area contributed by atoms with Gasteiger partial charge in [-0.15, -0.1) is 0 Å². The quantitative estimate of drug-likeness (QED) is 0.648. The van der Waals surface area contributed by atoms with Crippen molar-refractivity contribution in [2.45, 2.75) is 19.4 Å². The zero-order valence-electron chi connectivity index (χ0n) is 9.61. The maximum absolute atomic E-state index is 6.04. The van der Waals surface area contributed by atoms with Crippen LogP contribution in [0.4, 0.5) is 0 Å². The highest BCUT2D eigenvalue weighted by atomic mass is 35.5. The molecule has 0 aliphatic carbocycles.